The number of hydrogen-bond donors (Lipinski definition) is 1. The lowest BCUT2D eigenvalue weighted by molar-refractivity contribution is -0.116. The SMILES string of the molecule is CCCCCOc1ccc(NC(=O)CCc2ccc(OC)cc2)cc1. The second-order valence-electron chi connectivity index (χ2n) is 5.98. The van der Waals surface area contributed by atoms with E-state index >= 15 is 0 Å². The molecule has 2 rings (SSSR count). The van der Waals surface area contributed by atoms with Crippen molar-refractivity contribution in [2.75, 3.05) is 19.0 Å². The number of benzene rings is 2. The van der Waals surface area contributed by atoms with Gasteiger partial charge in [-0.2, -0.15) is 0 Å². The van der Waals surface area contributed by atoms with Gasteiger partial charge in [-0.25, -0.2) is 0 Å². The number of hydrogen-bond acceptors (Lipinski definition) is 3. The molecule has 0 radical (unpaired) electrons. The van der Waals surface area contributed by atoms with Gasteiger partial charge in [0.2, 0.25) is 5.91 Å². The van der Waals surface area contributed by atoms with Crippen molar-refractivity contribution in [2.24, 2.45) is 0 Å². The molecule has 0 spiro atoms. The topological polar surface area (TPSA) is 47.6 Å². The molecular weight excluding hydrogens is 314 g/mol. The number of rotatable bonds is 10. The van der Waals surface area contributed by atoms with Crippen LogP contribution in [0.25, 0.3) is 0 Å². The molecule has 2 aromatic carbocycles. The Morgan fingerprint density at radius 2 is 1.64 bits per heavy atom. The summed E-state index contributed by atoms with van der Waals surface area (Å²) in [5.41, 5.74) is 1.91. The molecule has 0 aliphatic carbocycles. The molecular formula is C21H27NO3. The Balaban J connectivity index is 1.74. The molecule has 0 aliphatic heterocycles. The quantitative estimate of drug-likeness (QED) is 0.629. The minimum atomic E-state index is 0.00688. The number of methoxy groups -OCH3 is 1. The van der Waals surface area contributed by atoms with E-state index in [0.717, 1.165) is 35.8 Å². The second-order valence-corrected chi connectivity index (χ2v) is 5.98. The number of carbonyl (C=O) groups excluding carboxylic acids is 1. The monoisotopic (exact) mass is 341 g/mol. The average molecular weight is 341 g/mol. The van der Waals surface area contributed by atoms with Crippen LogP contribution in [-0.4, -0.2) is 19.6 Å². The van der Waals surface area contributed by atoms with Crippen molar-refractivity contribution in [2.45, 2.75) is 39.0 Å². The van der Waals surface area contributed by atoms with Crippen molar-refractivity contribution >= 4 is 11.6 Å². The molecule has 0 bridgehead atoms. The first-order valence-corrected chi connectivity index (χ1v) is 8.87. The Kier molecular flexibility index (Phi) is 7.83. The minimum absolute atomic E-state index is 0.00688. The summed E-state index contributed by atoms with van der Waals surface area (Å²) in [4.78, 5) is 12.1. The number of carbonyl (C=O) groups is 1. The van der Waals surface area contributed by atoms with Crippen molar-refractivity contribution in [3.8, 4) is 11.5 Å². The van der Waals surface area contributed by atoms with Crippen molar-refractivity contribution in [3.63, 3.8) is 0 Å². The molecule has 1 N–H and O–H groups in total. The van der Waals surface area contributed by atoms with Gasteiger partial charge in [0, 0.05) is 12.1 Å². The zero-order valence-electron chi connectivity index (χ0n) is 15.1. The third-order valence-corrected chi connectivity index (χ3v) is 3.95. The highest BCUT2D eigenvalue weighted by atomic mass is 16.5. The molecule has 4 nitrogen and oxygen atoms in total. The summed E-state index contributed by atoms with van der Waals surface area (Å²) in [6.45, 7) is 2.91. The molecule has 0 heterocycles. The molecule has 0 unspecified atom stereocenters. The Morgan fingerprint density at radius 1 is 0.960 bits per heavy atom. The van der Waals surface area contributed by atoms with Crippen molar-refractivity contribution in [1.29, 1.82) is 0 Å². The number of anilines is 1. The highest BCUT2D eigenvalue weighted by Gasteiger charge is 2.04. The third kappa shape index (κ3) is 6.87. The van der Waals surface area contributed by atoms with E-state index in [-0.39, 0.29) is 5.91 Å². The molecule has 0 saturated heterocycles. The molecule has 0 aliphatic rings. The van der Waals surface area contributed by atoms with Crippen LogP contribution in [0.15, 0.2) is 48.5 Å². The molecule has 2 aromatic rings. The van der Waals surface area contributed by atoms with E-state index in [4.69, 9.17) is 9.47 Å². The molecule has 4 heteroatoms. The molecule has 0 aromatic heterocycles. The maximum Gasteiger partial charge on any atom is 0.224 e. The maximum absolute atomic E-state index is 12.1. The Bertz CT molecular complexity index is 635. The zero-order valence-corrected chi connectivity index (χ0v) is 15.1. The van der Waals surface area contributed by atoms with Crippen LogP contribution in [0, 0.1) is 0 Å². The van der Waals surface area contributed by atoms with Crippen LogP contribution in [0.2, 0.25) is 0 Å². The van der Waals surface area contributed by atoms with Crippen LogP contribution in [0.4, 0.5) is 5.69 Å². The van der Waals surface area contributed by atoms with Gasteiger partial charge in [-0.05, 0) is 54.8 Å². The average Bonchev–Trinajstić information content (AvgIpc) is 2.65. The number of ether oxygens (including phenoxy) is 2. The zero-order chi connectivity index (χ0) is 17.9. The standard InChI is InChI=1S/C21H27NO3/c1-3-4-5-16-25-20-13-9-18(10-14-20)22-21(23)15-8-17-6-11-19(24-2)12-7-17/h6-7,9-14H,3-5,8,15-16H2,1-2H3,(H,22,23). The van der Waals surface area contributed by atoms with E-state index in [2.05, 4.69) is 12.2 Å². The second kappa shape index (κ2) is 10.4. The Labute approximate surface area is 150 Å². The summed E-state index contributed by atoms with van der Waals surface area (Å²) >= 11 is 0. The van der Waals surface area contributed by atoms with Crippen molar-refractivity contribution < 1.29 is 14.3 Å². The summed E-state index contributed by atoms with van der Waals surface area (Å²) < 4.78 is 10.8. The van der Waals surface area contributed by atoms with Crippen molar-refractivity contribution in [1.82, 2.24) is 0 Å². The predicted octanol–water partition coefficient (Wildman–Crippen LogP) is 4.84. The van der Waals surface area contributed by atoms with Gasteiger partial charge < -0.3 is 14.8 Å². The van der Waals surface area contributed by atoms with Crippen LogP contribution in [0.1, 0.15) is 38.2 Å². The number of unbranched alkanes of at least 4 members (excludes halogenated alkanes) is 2. The van der Waals surface area contributed by atoms with E-state index in [1.165, 1.54) is 12.8 Å². The van der Waals surface area contributed by atoms with Crippen molar-refractivity contribution in [3.05, 3.63) is 54.1 Å². The van der Waals surface area contributed by atoms with E-state index in [1.807, 2.05) is 48.5 Å². The van der Waals surface area contributed by atoms with Crippen LogP contribution in [0.3, 0.4) is 0 Å². The van der Waals surface area contributed by atoms with E-state index < -0.39 is 0 Å². The Hall–Kier alpha value is -2.49. The number of nitrogens with one attached hydrogen (secondary N) is 1. The highest BCUT2D eigenvalue weighted by molar-refractivity contribution is 5.90. The fourth-order valence-electron chi connectivity index (χ4n) is 2.45. The van der Waals surface area contributed by atoms with Gasteiger partial charge in [-0.1, -0.05) is 31.9 Å². The van der Waals surface area contributed by atoms with Crippen LogP contribution < -0.4 is 14.8 Å². The lowest BCUT2D eigenvalue weighted by atomic mass is 10.1. The third-order valence-electron chi connectivity index (χ3n) is 3.95. The maximum atomic E-state index is 12.1. The smallest absolute Gasteiger partial charge is 0.224 e. The molecule has 134 valence electrons. The number of amides is 1. The van der Waals surface area contributed by atoms with E-state index in [0.29, 0.717) is 12.8 Å². The molecule has 0 fully saturated rings. The molecule has 0 atom stereocenters. The van der Waals surface area contributed by atoms with Crippen LogP contribution in [-0.2, 0) is 11.2 Å². The number of aryl methyl sites for hydroxylation is 1. The normalized spacial score (nSPS) is 10.3. The van der Waals surface area contributed by atoms with Crippen LogP contribution >= 0.6 is 0 Å². The van der Waals surface area contributed by atoms with Gasteiger partial charge >= 0.3 is 0 Å². The summed E-state index contributed by atoms with van der Waals surface area (Å²) in [6.07, 6.45) is 4.59. The van der Waals surface area contributed by atoms with E-state index in [9.17, 15) is 4.79 Å². The summed E-state index contributed by atoms with van der Waals surface area (Å²) in [5.74, 6) is 1.67. The van der Waals surface area contributed by atoms with Gasteiger partial charge in [0.05, 0.1) is 13.7 Å². The summed E-state index contributed by atoms with van der Waals surface area (Å²) in [7, 11) is 1.64. The van der Waals surface area contributed by atoms with Gasteiger partial charge in [0.1, 0.15) is 11.5 Å². The lowest BCUT2D eigenvalue weighted by Gasteiger charge is -2.08. The van der Waals surface area contributed by atoms with Gasteiger partial charge in [0.25, 0.3) is 0 Å². The fourth-order valence-corrected chi connectivity index (χ4v) is 2.45. The van der Waals surface area contributed by atoms with Gasteiger partial charge in [-0.15, -0.1) is 0 Å². The minimum Gasteiger partial charge on any atom is -0.497 e. The first kappa shape index (κ1) is 18.8. The summed E-state index contributed by atoms with van der Waals surface area (Å²) in [6, 6.07) is 15.3. The highest BCUT2D eigenvalue weighted by Crippen LogP contribution is 2.17. The first-order valence-electron chi connectivity index (χ1n) is 8.87. The largest absolute Gasteiger partial charge is 0.497 e. The lowest BCUT2D eigenvalue weighted by Crippen LogP contribution is -2.12. The predicted molar refractivity (Wildman–Crippen MR) is 101 cm³/mol. The molecule has 25 heavy (non-hydrogen) atoms. The summed E-state index contributed by atoms with van der Waals surface area (Å²) in [5, 5.41) is 2.92. The van der Waals surface area contributed by atoms with Gasteiger partial charge in [0.15, 0.2) is 0 Å². The first-order chi connectivity index (χ1) is 12.2. The van der Waals surface area contributed by atoms with Gasteiger partial charge in [-0.3, -0.25) is 4.79 Å². The fraction of sp³-hybridized carbons (Fsp3) is 0.381. The Morgan fingerprint density at radius 3 is 2.28 bits per heavy atom. The van der Waals surface area contributed by atoms with E-state index in [1.54, 1.807) is 7.11 Å². The molecule has 0 saturated carbocycles. The molecule has 1 amide bonds. The van der Waals surface area contributed by atoms with Crippen LogP contribution in [0.5, 0.6) is 11.5 Å².